The minimum atomic E-state index is -1.10. The zero-order valence-corrected chi connectivity index (χ0v) is 20.4. The smallest absolute Gasteiger partial charge is 0.407 e. The van der Waals surface area contributed by atoms with Gasteiger partial charge in [0.25, 0.3) is 0 Å². The molecule has 1 spiro atoms. The lowest BCUT2D eigenvalue weighted by Gasteiger charge is -2.30. The van der Waals surface area contributed by atoms with E-state index in [1.165, 1.54) is 12.0 Å². The van der Waals surface area contributed by atoms with Gasteiger partial charge in [-0.25, -0.2) is 9.59 Å². The fourth-order valence-electron chi connectivity index (χ4n) is 3.90. The number of nitrogens with zero attached hydrogens (tertiary/aromatic N) is 1. The molecule has 1 aromatic rings. The van der Waals surface area contributed by atoms with Crippen LogP contribution in [-0.2, 0) is 28.5 Å². The van der Waals surface area contributed by atoms with Gasteiger partial charge in [-0.05, 0) is 23.6 Å². The van der Waals surface area contributed by atoms with Crippen LogP contribution in [0.3, 0.4) is 0 Å². The molecular formula is C22H29BrN2O8. The molecule has 0 radical (unpaired) electrons. The number of likely N-dealkylation sites (tertiary alicyclic amines) is 1. The highest BCUT2D eigenvalue weighted by Crippen LogP contribution is 2.36. The van der Waals surface area contributed by atoms with Crippen LogP contribution >= 0.6 is 15.9 Å². The van der Waals surface area contributed by atoms with Crippen LogP contribution in [0.15, 0.2) is 28.7 Å². The van der Waals surface area contributed by atoms with Crippen molar-refractivity contribution in [1.82, 2.24) is 10.2 Å². The highest BCUT2D eigenvalue weighted by atomic mass is 79.9. The summed E-state index contributed by atoms with van der Waals surface area (Å²) in [5, 5.41) is 12.9. The molecule has 2 aliphatic heterocycles. The van der Waals surface area contributed by atoms with Gasteiger partial charge in [0.2, 0.25) is 5.91 Å². The van der Waals surface area contributed by atoms with Crippen molar-refractivity contribution in [3.8, 4) is 0 Å². The number of ether oxygens (including phenoxy) is 4. The van der Waals surface area contributed by atoms with E-state index in [9.17, 15) is 19.5 Å². The minimum Gasteiger partial charge on any atom is -0.461 e. The van der Waals surface area contributed by atoms with Crippen LogP contribution in [0.5, 0.6) is 0 Å². The van der Waals surface area contributed by atoms with Crippen LogP contribution in [0.1, 0.15) is 31.9 Å². The number of hydrogen-bond donors (Lipinski definition) is 2. The Morgan fingerprint density at radius 1 is 1.24 bits per heavy atom. The van der Waals surface area contributed by atoms with Crippen molar-refractivity contribution in [3.05, 3.63) is 34.3 Å². The molecule has 33 heavy (non-hydrogen) atoms. The van der Waals surface area contributed by atoms with Crippen molar-refractivity contribution in [1.29, 1.82) is 0 Å². The first-order chi connectivity index (χ1) is 15.7. The normalized spacial score (nSPS) is 21.2. The molecule has 11 heteroatoms. The van der Waals surface area contributed by atoms with E-state index in [4.69, 9.17) is 14.2 Å². The number of nitrogens with one attached hydrogen (secondary N) is 1. The number of hydrogen-bond acceptors (Lipinski definition) is 8. The van der Waals surface area contributed by atoms with Gasteiger partial charge in [0, 0.05) is 10.9 Å². The van der Waals surface area contributed by atoms with E-state index in [1.54, 1.807) is 38.1 Å². The lowest BCUT2D eigenvalue weighted by molar-refractivity contribution is -0.156. The van der Waals surface area contributed by atoms with Gasteiger partial charge in [0.1, 0.15) is 24.8 Å². The average Bonchev–Trinajstić information content (AvgIpc) is 3.42. The SMILES string of the molecule is COC(=O)N[C@H](C(=O)N1CC2(C[C@H]1C(=O)OCC(O)c1ccc(Br)cc1)OCCO2)C(C)C. The van der Waals surface area contributed by atoms with Crippen LogP contribution < -0.4 is 5.32 Å². The second kappa shape index (κ2) is 10.8. The van der Waals surface area contributed by atoms with E-state index in [0.717, 1.165) is 4.47 Å². The molecule has 2 fully saturated rings. The topological polar surface area (TPSA) is 124 Å². The van der Waals surface area contributed by atoms with Gasteiger partial charge in [-0.15, -0.1) is 0 Å². The van der Waals surface area contributed by atoms with Gasteiger partial charge < -0.3 is 34.3 Å². The molecule has 182 valence electrons. The number of amides is 2. The molecule has 0 bridgehead atoms. The number of esters is 1. The summed E-state index contributed by atoms with van der Waals surface area (Å²) >= 11 is 3.33. The molecule has 0 saturated carbocycles. The Morgan fingerprint density at radius 3 is 2.45 bits per heavy atom. The van der Waals surface area contributed by atoms with Crippen LogP contribution in [0.4, 0.5) is 4.79 Å². The highest BCUT2D eigenvalue weighted by molar-refractivity contribution is 9.10. The summed E-state index contributed by atoms with van der Waals surface area (Å²) in [5.41, 5.74) is 0.589. The van der Waals surface area contributed by atoms with Crippen LogP contribution in [0, 0.1) is 5.92 Å². The lowest BCUT2D eigenvalue weighted by Crippen LogP contribution is -2.54. The maximum Gasteiger partial charge on any atom is 0.407 e. The zero-order chi connectivity index (χ0) is 24.2. The Labute approximate surface area is 200 Å². The number of carbonyl (C=O) groups excluding carboxylic acids is 3. The average molecular weight is 529 g/mol. The minimum absolute atomic E-state index is 0.0208. The fraction of sp³-hybridized carbons (Fsp3) is 0.591. The van der Waals surface area contributed by atoms with Gasteiger partial charge in [-0.2, -0.15) is 0 Å². The third kappa shape index (κ3) is 6.03. The van der Waals surface area contributed by atoms with Gasteiger partial charge >= 0.3 is 12.1 Å². The molecule has 0 aromatic heterocycles. The molecule has 3 atom stereocenters. The van der Waals surface area contributed by atoms with Crippen molar-refractivity contribution < 1.29 is 38.4 Å². The van der Waals surface area contributed by atoms with Gasteiger partial charge in [-0.3, -0.25) is 4.79 Å². The number of aliphatic hydroxyl groups is 1. The predicted octanol–water partition coefficient (Wildman–Crippen LogP) is 1.75. The van der Waals surface area contributed by atoms with E-state index >= 15 is 0 Å². The second-order valence-corrected chi connectivity index (χ2v) is 9.26. The monoisotopic (exact) mass is 528 g/mol. The van der Waals surface area contributed by atoms with E-state index in [0.29, 0.717) is 18.8 Å². The highest BCUT2D eigenvalue weighted by Gasteiger charge is 2.54. The Kier molecular flexibility index (Phi) is 8.33. The van der Waals surface area contributed by atoms with Gasteiger partial charge in [0.05, 0.1) is 26.9 Å². The third-order valence-electron chi connectivity index (χ3n) is 5.69. The number of halogens is 1. The van der Waals surface area contributed by atoms with Gasteiger partial charge in [0.15, 0.2) is 5.79 Å². The first-order valence-electron chi connectivity index (χ1n) is 10.7. The summed E-state index contributed by atoms with van der Waals surface area (Å²) in [6, 6.07) is 5.07. The standard InChI is InChI=1S/C22H29BrN2O8/c1-13(2)18(24-21(29)30-3)19(27)25-12-22(32-8-9-33-22)10-16(25)20(28)31-11-17(26)14-4-6-15(23)7-5-14/h4-7,13,16-18,26H,8-12H2,1-3H3,(H,24,29)/t16-,17?,18-/m0/s1. The second-order valence-electron chi connectivity index (χ2n) is 8.35. The zero-order valence-electron chi connectivity index (χ0n) is 18.8. The van der Waals surface area contributed by atoms with Crippen molar-refractivity contribution in [2.45, 2.75) is 44.2 Å². The molecule has 2 amide bonds. The number of benzene rings is 1. The maximum absolute atomic E-state index is 13.4. The molecule has 2 heterocycles. The first kappa shape index (κ1) is 25.4. The number of alkyl carbamates (subject to hydrolysis) is 1. The number of methoxy groups -OCH3 is 1. The van der Waals surface area contributed by atoms with Crippen molar-refractivity contribution in [3.63, 3.8) is 0 Å². The molecule has 2 saturated heterocycles. The summed E-state index contributed by atoms with van der Waals surface area (Å²) < 4.78 is 22.3. The summed E-state index contributed by atoms with van der Waals surface area (Å²) in [6.07, 6.45) is -1.68. The largest absolute Gasteiger partial charge is 0.461 e. The molecule has 2 N–H and O–H groups in total. The molecule has 1 unspecified atom stereocenters. The number of aliphatic hydroxyl groups excluding tert-OH is 1. The third-order valence-corrected chi connectivity index (χ3v) is 6.22. The van der Waals surface area contributed by atoms with Crippen molar-refractivity contribution >= 4 is 33.9 Å². The molecule has 1 aromatic carbocycles. The summed E-state index contributed by atoms with van der Waals surface area (Å²) in [4.78, 5) is 39.5. The molecule has 10 nitrogen and oxygen atoms in total. The van der Waals surface area contributed by atoms with Crippen LogP contribution in [0.25, 0.3) is 0 Å². The molecule has 0 aliphatic carbocycles. The summed E-state index contributed by atoms with van der Waals surface area (Å²) in [5.74, 6) is -2.52. The van der Waals surface area contributed by atoms with Gasteiger partial charge in [-0.1, -0.05) is 41.9 Å². The lowest BCUT2D eigenvalue weighted by atomic mass is 10.0. The summed E-state index contributed by atoms with van der Waals surface area (Å²) in [6.45, 7) is 3.98. The Balaban J connectivity index is 1.73. The Bertz CT molecular complexity index is 856. The molecular weight excluding hydrogens is 500 g/mol. The van der Waals surface area contributed by atoms with E-state index in [1.807, 2.05) is 0 Å². The van der Waals surface area contributed by atoms with Crippen LogP contribution in [-0.4, -0.2) is 79.3 Å². The van der Waals surface area contributed by atoms with Crippen molar-refractivity contribution in [2.24, 2.45) is 5.92 Å². The van der Waals surface area contributed by atoms with E-state index in [-0.39, 0.29) is 25.5 Å². The predicted molar refractivity (Wildman–Crippen MR) is 119 cm³/mol. The number of rotatable bonds is 7. The molecule has 2 aliphatic rings. The Morgan fingerprint density at radius 2 is 1.88 bits per heavy atom. The van der Waals surface area contributed by atoms with E-state index < -0.39 is 41.9 Å². The quantitative estimate of drug-likeness (QED) is 0.513. The van der Waals surface area contributed by atoms with Crippen molar-refractivity contribution in [2.75, 3.05) is 33.5 Å². The maximum atomic E-state index is 13.4. The Hall–Kier alpha value is -2.21. The van der Waals surface area contributed by atoms with E-state index in [2.05, 4.69) is 26.0 Å². The number of carbonyl (C=O) groups is 3. The summed E-state index contributed by atoms with van der Waals surface area (Å²) in [7, 11) is 1.21. The van der Waals surface area contributed by atoms with Crippen LogP contribution in [0.2, 0.25) is 0 Å². The molecule has 3 rings (SSSR count). The first-order valence-corrected chi connectivity index (χ1v) is 11.5. The fourth-order valence-corrected chi connectivity index (χ4v) is 4.17.